The topological polar surface area (TPSA) is 35.2 Å². The molecule has 0 heterocycles. The number of alkyl halides is 3. The highest BCUT2D eigenvalue weighted by Gasteiger charge is 2.35. The van der Waals surface area contributed by atoms with E-state index in [4.69, 9.17) is 5.90 Å². The van der Waals surface area contributed by atoms with Crippen LogP contribution in [0.2, 0.25) is 0 Å². The Morgan fingerprint density at radius 2 is 1.84 bits per heavy atom. The smallest absolute Gasteiger partial charge is 0.300 e. The second-order valence-corrected chi connectivity index (χ2v) is 5.07. The molecule has 1 saturated carbocycles. The van der Waals surface area contributed by atoms with E-state index in [2.05, 4.69) is 4.84 Å². The summed E-state index contributed by atoms with van der Waals surface area (Å²) in [5, 5.41) is 0. The number of hydrogen-bond acceptors (Lipinski definition) is 2. The number of nitrogens with two attached hydrogens (primary N) is 1. The molecule has 0 unspecified atom stereocenters. The van der Waals surface area contributed by atoms with Crippen LogP contribution in [0.15, 0.2) is 18.2 Å². The molecule has 1 aliphatic carbocycles. The minimum Gasteiger partial charge on any atom is -0.300 e. The zero-order valence-corrected chi connectivity index (χ0v) is 10.7. The lowest BCUT2D eigenvalue weighted by molar-refractivity contribution is -0.138. The molecule has 2 nitrogen and oxygen atoms in total. The molecule has 1 aromatic carbocycles. The Kier molecular flexibility index (Phi) is 4.47. The highest BCUT2D eigenvalue weighted by Crippen LogP contribution is 2.41. The van der Waals surface area contributed by atoms with E-state index in [1.807, 2.05) is 0 Å². The summed E-state index contributed by atoms with van der Waals surface area (Å²) in [4.78, 5) is 4.41. The average Bonchev–Trinajstić information content (AvgIpc) is 2.39. The van der Waals surface area contributed by atoms with Crippen molar-refractivity contribution in [3.05, 3.63) is 34.9 Å². The molecule has 0 bridgehead atoms. The van der Waals surface area contributed by atoms with E-state index in [-0.39, 0.29) is 12.5 Å². The van der Waals surface area contributed by atoms with E-state index in [9.17, 15) is 13.2 Å². The van der Waals surface area contributed by atoms with Gasteiger partial charge in [0, 0.05) is 0 Å². The van der Waals surface area contributed by atoms with Crippen LogP contribution < -0.4 is 5.90 Å². The van der Waals surface area contributed by atoms with Gasteiger partial charge >= 0.3 is 6.18 Å². The van der Waals surface area contributed by atoms with Crippen LogP contribution in [0.25, 0.3) is 0 Å². The van der Waals surface area contributed by atoms with E-state index < -0.39 is 11.7 Å². The van der Waals surface area contributed by atoms with E-state index in [0.29, 0.717) is 11.1 Å². The fraction of sp³-hybridized carbons (Fsp3) is 0.571. The third-order valence-electron chi connectivity index (χ3n) is 3.72. The summed E-state index contributed by atoms with van der Waals surface area (Å²) in [5.41, 5.74) is 0.344. The molecule has 19 heavy (non-hydrogen) atoms. The summed E-state index contributed by atoms with van der Waals surface area (Å²) >= 11 is 0. The zero-order valence-electron chi connectivity index (χ0n) is 10.7. The van der Waals surface area contributed by atoms with E-state index >= 15 is 0 Å². The molecule has 106 valence electrons. The number of rotatable bonds is 3. The van der Waals surface area contributed by atoms with Crippen LogP contribution in [0.4, 0.5) is 13.2 Å². The largest absolute Gasteiger partial charge is 0.416 e. The molecule has 2 rings (SSSR count). The van der Waals surface area contributed by atoms with Gasteiger partial charge in [0.15, 0.2) is 0 Å². The average molecular weight is 273 g/mol. The first-order valence-electron chi connectivity index (χ1n) is 6.54. The highest BCUT2D eigenvalue weighted by atomic mass is 19.4. The van der Waals surface area contributed by atoms with Gasteiger partial charge in [-0.1, -0.05) is 31.4 Å². The Balaban J connectivity index is 2.35. The van der Waals surface area contributed by atoms with Gasteiger partial charge in [-0.05, 0) is 36.0 Å². The maximum Gasteiger partial charge on any atom is 0.416 e. The van der Waals surface area contributed by atoms with Gasteiger partial charge in [0.1, 0.15) is 0 Å². The van der Waals surface area contributed by atoms with Crippen LogP contribution in [0.5, 0.6) is 0 Å². The molecule has 0 saturated heterocycles. The quantitative estimate of drug-likeness (QED) is 0.840. The lowest BCUT2D eigenvalue weighted by Crippen LogP contribution is -2.15. The number of benzene rings is 1. The molecule has 0 aliphatic heterocycles. The van der Waals surface area contributed by atoms with Crippen molar-refractivity contribution in [3.8, 4) is 0 Å². The molecule has 0 radical (unpaired) electrons. The molecule has 1 fully saturated rings. The van der Waals surface area contributed by atoms with Crippen LogP contribution in [0.3, 0.4) is 0 Å². The second-order valence-electron chi connectivity index (χ2n) is 5.07. The Labute approximate surface area is 110 Å². The van der Waals surface area contributed by atoms with Gasteiger partial charge in [-0.3, -0.25) is 4.84 Å². The lowest BCUT2D eigenvalue weighted by atomic mass is 9.81. The van der Waals surface area contributed by atoms with Crippen molar-refractivity contribution in [2.75, 3.05) is 0 Å². The van der Waals surface area contributed by atoms with Crippen molar-refractivity contribution >= 4 is 0 Å². The standard InChI is InChI=1S/C14H18F3NO/c15-14(16,17)13-8-10(9-19-18)6-7-12(13)11-4-2-1-3-5-11/h6-8,11H,1-5,9,18H2. The van der Waals surface area contributed by atoms with Gasteiger partial charge < -0.3 is 0 Å². The summed E-state index contributed by atoms with van der Waals surface area (Å²) in [6.45, 7) is -0.00593. The molecule has 1 aliphatic rings. The van der Waals surface area contributed by atoms with Crippen molar-refractivity contribution in [1.82, 2.24) is 0 Å². The third kappa shape index (κ3) is 3.48. The van der Waals surface area contributed by atoms with Crippen LogP contribution in [-0.2, 0) is 17.6 Å². The predicted octanol–water partition coefficient (Wildman–Crippen LogP) is 4.14. The van der Waals surface area contributed by atoms with Crippen molar-refractivity contribution in [3.63, 3.8) is 0 Å². The minimum absolute atomic E-state index is 0.00593. The molecular weight excluding hydrogens is 255 g/mol. The normalized spacial score (nSPS) is 17.7. The SMILES string of the molecule is NOCc1ccc(C2CCCCC2)c(C(F)(F)F)c1. The lowest BCUT2D eigenvalue weighted by Gasteiger charge is -2.25. The first kappa shape index (κ1) is 14.3. The summed E-state index contributed by atoms with van der Waals surface area (Å²) < 4.78 is 39.5. The minimum atomic E-state index is -4.32. The Bertz CT molecular complexity index is 425. The van der Waals surface area contributed by atoms with E-state index in [0.717, 1.165) is 38.2 Å². The van der Waals surface area contributed by atoms with Crippen molar-refractivity contribution in [1.29, 1.82) is 0 Å². The van der Waals surface area contributed by atoms with Gasteiger partial charge in [-0.25, -0.2) is 5.90 Å². The van der Waals surface area contributed by atoms with Crippen molar-refractivity contribution in [2.24, 2.45) is 5.90 Å². The molecule has 0 aromatic heterocycles. The molecule has 5 heteroatoms. The molecule has 1 aromatic rings. The Morgan fingerprint density at radius 1 is 1.16 bits per heavy atom. The molecule has 0 spiro atoms. The second kappa shape index (κ2) is 5.92. The first-order valence-corrected chi connectivity index (χ1v) is 6.54. The summed E-state index contributed by atoms with van der Waals surface area (Å²) in [5.74, 6) is 4.95. The van der Waals surface area contributed by atoms with Crippen molar-refractivity contribution in [2.45, 2.75) is 50.8 Å². The number of halogens is 3. The predicted molar refractivity (Wildman–Crippen MR) is 66.2 cm³/mol. The summed E-state index contributed by atoms with van der Waals surface area (Å²) in [6, 6.07) is 4.43. The van der Waals surface area contributed by atoms with Gasteiger partial charge in [0.05, 0.1) is 12.2 Å². The van der Waals surface area contributed by atoms with Gasteiger partial charge in [0.2, 0.25) is 0 Å². The van der Waals surface area contributed by atoms with Crippen LogP contribution in [-0.4, -0.2) is 0 Å². The van der Waals surface area contributed by atoms with E-state index in [1.54, 1.807) is 12.1 Å². The Hall–Kier alpha value is -1.07. The number of hydrogen-bond donors (Lipinski definition) is 1. The summed E-state index contributed by atoms with van der Waals surface area (Å²) in [6.07, 6.45) is 0.505. The fourth-order valence-electron chi connectivity index (χ4n) is 2.80. The molecule has 2 N–H and O–H groups in total. The van der Waals surface area contributed by atoms with Gasteiger partial charge in [-0.15, -0.1) is 0 Å². The maximum atomic E-state index is 13.2. The molecular formula is C14H18F3NO. The monoisotopic (exact) mass is 273 g/mol. The third-order valence-corrected chi connectivity index (χ3v) is 3.72. The van der Waals surface area contributed by atoms with Gasteiger partial charge in [-0.2, -0.15) is 13.2 Å². The fourth-order valence-corrected chi connectivity index (χ4v) is 2.80. The van der Waals surface area contributed by atoms with Crippen LogP contribution >= 0.6 is 0 Å². The van der Waals surface area contributed by atoms with Crippen molar-refractivity contribution < 1.29 is 18.0 Å². The van der Waals surface area contributed by atoms with Gasteiger partial charge in [0.25, 0.3) is 0 Å². The maximum absolute atomic E-state index is 13.2. The van der Waals surface area contributed by atoms with Crippen LogP contribution in [0.1, 0.15) is 54.7 Å². The molecule has 0 amide bonds. The Morgan fingerprint density at radius 3 is 2.42 bits per heavy atom. The first-order chi connectivity index (χ1) is 9.02. The molecule has 0 atom stereocenters. The van der Waals surface area contributed by atoms with Crippen LogP contribution in [0, 0.1) is 0 Å². The zero-order chi connectivity index (χ0) is 13.9. The summed E-state index contributed by atoms with van der Waals surface area (Å²) in [7, 11) is 0. The van der Waals surface area contributed by atoms with E-state index in [1.165, 1.54) is 0 Å². The highest BCUT2D eigenvalue weighted by molar-refractivity contribution is 5.36.